The number of aliphatic hydroxyl groups excluding tert-OH is 2. The van der Waals surface area contributed by atoms with E-state index in [9.17, 15) is 67.7 Å². The van der Waals surface area contributed by atoms with Crippen LogP contribution in [0.5, 0.6) is 0 Å². The van der Waals surface area contributed by atoms with Gasteiger partial charge in [-0.25, -0.2) is 4.79 Å². The minimum atomic E-state index is -1.70. The minimum Gasteiger partial charge on any atom is -0.481 e. The smallest absolute Gasteiger partial charge is 0.326 e. The Kier molecular flexibility index (Phi) is 31.0. The van der Waals surface area contributed by atoms with E-state index in [1.165, 1.54) is 0 Å². The molecule has 8 atom stereocenters. The van der Waals surface area contributed by atoms with Gasteiger partial charge in [0.15, 0.2) is 11.9 Å². The maximum Gasteiger partial charge on any atom is 0.326 e. The van der Waals surface area contributed by atoms with Crippen LogP contribution in [0.2, 0.25) is 0 Å². The molecule has 0 rings (SSSR count). The number of guanidine groups is 2. The molecule has 0 aliphatic carbocycles. The van der Waals surface area contributed by atoms with E-state index in [1.807, 2.05) is 0 Å². The lowest BCUT2D eigenvalue weighted by Gasteiger charge is -2.25. The Bertz CT molecular complexity index is 1970. The number of primary amides is 1. The maximum absolute atomic E-state index is 13.7. The summed E-state index contributed by atoms with van der Waals surface area (Å²) >= 11 is 4.07. The number of aliphatic hydroxyl groups is 2. The number of carbonyl (C=O) groups is 12. The van der Waals surface area contributed by atoms with Crippen LogP contribution in [0.3, 0.4) is 0 Å². The molecular weight excluding hydrogens is 983 g/mol. The van der Waals surface area contributed by atoms with E-state index in [2.05, 4.69) is 70.5 Å². The van der Waals surface area contributed by atoms with Crippen LogP contribution in [-0.4, -0.2) is 197 Å². The van der Waals surface area contributed by atoms with Crippen LogP contribution in [0.15, 0.2) is 9.98 Å². The number of nitrogens with one attached hydrogen (secondary N) is 9. The van der Waals surface area contributed by atoms with E-state index in [0.717, 1.165) is 6.92 Å². The van der Waals surface area contributed by atoms with Gasteiger partial charge in [-0.1, -0.05) is 0 Å². The molecule has 0 aliphatic rings. The van der Waals surface area contributed by atoms with Gasteiger partial charge in [0.05, 0.1) is 32.3 Å². The zero-order valence-electron chi connectivity index (χ0n) is 39.2. The Hall–Kier alpha value is -7.59. The molecule has 0 saturated heterocycles. The second-order valence-electron chi connectivity index (χ2n) is 15.5. The molecule has 10 amide bonds. The van der Waals surface area contributed by atoms with E-state index in [-0.39, 0.29) is 69.3 Å². The molecular formula is C38H67N17O16S. The van der Waals surface area contributed by atoms with E-state index < -0.39 is 158 Å². The molecule has 34 heteroatoms. The van der Waals surface area contributed by atoms with Crippen molar-refractivity contribution in [3.05, 3.63) is 0 Å². The van der Waals surface area contributed by atoms with Crippen LogP contribution in [0.1, 0.15) is 58.3 Å². The highest BCUT2D eigenvalue weighted by atomic mass is 32.1. The Morgan fingerprint density at radius 3 is 1.42 bits per heavy atom. The van der Waals surface area contributed by atoms with Crippen molar-refractivity contribution in [2.75, 3.05) is 45.1 Å². The molecule has 0 aromatic rings. The Morgan fingerprint density at radius 1 is 0.528 bits per heavy atom. The van der Waals surface area contributed by atoms with Crippen LogP contribution < -0.4 is 82.3 Å². The number of rotatable bonds is 36. The van der Waals surface area contributed by atoms with Crippen molar-refractivity contribution < 1.29 is 78.0 Å². The standard InChI is InChI=1S/C38H67N17O16S/c1-17(57)29(55-30(64)18(39)15-56)35(69)52-21(7-9-28(62)63)31(65)49-13-26(60)47-12-25(59)48-14-27(61)50-19(4-2-10-45-37(41)42)32(66)51-20(5-3-11-46-38(43)44)33(67)54-23(16-72)34(68)53-22(36(70)71)6-8-24(40)58/h17-23,29,56-57,72H,2-16,39H2,1H3,(H2,40,58)(H,47,60)(H,48,59)(H,49,65)(H,50,61)(H,51,66)(H,52,69)(H,53,68)(H,54,67)(H,55,64)(H,62,63)(H,70,71)(H4,41,42,45)(H4,43,44,46)/t17-,18+,19+,20+,21+,22+,23+,29+/m1/s1. The molecule has 0 spiro atoms. The summed E-state index contributed by atoms with van der Waals surface area (Å²) in [5.74, 6) is -13.6. The number of nitrogens with two attached hydrogens (primary N) is 6. The molecule has 0 bridgehead atoms. The fourth-order valence-electron chi connectivity index (χ4n) is 5.67. The second-order valence-corrected chi connectivity index (χ2v) is 15.9. The number of nitrogens with zero attached hydrogens (tertiary/aromatic N) is 2. The highest BCUT2D eigenvalue weighted by Gasteiger charge is 2.33. The van der Waals surface area contributed by atoms with E-state index >= 15 is 0 Å². The number of amides is 10. The summed E-state index contributed by atoms with van der Waals surface area (Å²) < 4.78 is 0. The number of hydrogen-bond acceptors (Lipinski definition) is 18. The molecule has 0 aromatic heterocycles. The van der Waals surface area contributed by atoms with Crippen molar-refractivity contribution in [2.45, 2.75) is 107 Å². The third-order valence-electron chi connectivity index (χ3n) is 9.48. The van der Waals surface area contributed by atoms with Gasteiger partial charge >= 0.3 is 11.9 Å². The lowest BCUT2D eigenvalue weighted by atomic mass is 10.1. The Labute approximate surface area is 416 Å². The first-order valence-electron chi connectivity index (χ1n) is 21.8. The van der Waals surface area contributed by atoms with Crippen molar-refractivity contribution in [3.63, 3.8) is 0 Å². The molecule has 25 N–H and O–H groups in total. The Morgan fingerprint density at radius 2 is 0.958 bits per heavy atom. The third kappa shape index (κ3) is 28.2. The van der Waals surface area contributed by atoms with Gasteiger partial charge in [0.25, 0.3) is 0 Å². The quantitative estimate of drug-likeness (QED) is 0.0120. The molecule has 406 valence electrons. The van der Waals surface area contributed by atoms with E-state index in [1.54, 1.807) is 0 Å². The first kappa shape index (κ1) is 64.4. The number of carboxylic acids is 2. The lowest BCUT2D eigenvalue weighted by Crippen LogP contribution is -2.59. The van der Waals surface area contributed by atoms with Gasteiger partial charge < -0.3 is 103 Å². The molecule has 0 unspecified atom stereocenters. The first-order chi connectivity index (χ1) is 33.7. The van der Waals surface area contributed by atoms with Crippen molar-refractivity contribution in [1.82, 2.24) is 47.9 Å². The number of thiol groups is 1. The van der Waals surface area contributed by atoms with Crippen LogP contribution in [0.4, 0.5) is 0 Å². The number of carboxylic acid groups (broad SMARTS) is 2. The first-order valence-corrected chi connectivity index (χ1v) is 22.5. The highest BCUT2D eigenvalue weighted by molar-refractivity contribution is 7.80. The average Bonchev–Trinajstić information content (AvgIpc) is 3.30. The SMILES string of the molecule is C[C@@H](O)[C@H](NC(=O)[C@@H](N)CO)C(=O)N[C@@H](CCC(=O)O)C(=O)NCC(=O)NCC(=O)NCC(=O)N[C@@H](CCCN=C(N)N)C(=O)N[C@@H](CCCN=C(N)N)C(=O)N[C@@H](CS)C(=O)N[C@@H](CCC(N)=O)C(=O)O. The molecule has 0 fully saturated rings. The van der Waals surface area contributed by atoms with Crippen LogP contribution in [0.25, 0.3) is 0 Å². The number of aliphatic carboxylic acids is 2. The van der Waals surface area contributed by atoms with Crippen molar-refractivity contribution in [2.24, 2.45) is 44.4 Å². The predicted molar refractivity (Wildman–Crippen MR) is 254 cm³/mol. The van der Waals surface area contributed by atoms with Gasteiger partial charge in [-0.3, -0.25) is 62.7 Å². The van der Waals surface area contributed by atoms with Crippen molar-refractivity contribution >= 4 is 95.6 Å². The number of carbonyl (C=O) groups excluding carboxylic acids is 10. The molecule has 0 aliphatic heterocycles. The molecule has 0 saturated carbocycles. The summed E-state index contributed by atoms with van der Waals surface area (Å²) in [7, 11) is 0. The molecule has 0 heterocycles. The van der Waals surface area contributed by atoms with Gasteiger partial charge in [0.2, 0.25) is 59.1 Å². The highest BCUT2D eigenvalue weighted by Crippen LogP contribution is 2.07. The number of aliphatic imine (C=N–C) groups is 2. The summed E-state index contributed by atoms with van der Waals surface area (Å²) in [6.07, 6.45) is -3.58. The summed E-state index contributed by atoms with van der Waals surface area (Å²) in [6.45, 7) is -2.07. The van der Waals surface area contributed by atoms with Gasteiger partial charge in [0.1, 0.15) is 42.3 Å². The zero-order chi connectivity index (χ0) is 55.1. The largest absolute Gasteiger partial charge is 0.481 e. The van der Waals surface area contributed by atoms with Gasteiger partial charge in [-0.15, -0.1) is 0 Å². The molecule has 33 nitrogen and oxygen atoms in total. The summed E-state index contributed by atoms with van der Waals surface area (Å²) in [4.78, 5) is 158. The average molecular weight is 1050 g/mol. The van der Waals surface area contributed by atoms with E-state index in [0.29, 0.717) is 0 Å². The van der Waals surface area contributed by atoms with Gasteiger partial charge in [-0.05, 0) is 45.4 Å². The molecule has 72 heavy (non-hydrogen) atoms. The fraction of sp³-hybridized carbons (Fsp3) is 0.632. The Balaban J connectivity index is 5.85. The fourth-order valence-corrected chi connectivity index (χ4v) is 5.92. The molecule has 0 aromatic carbocycles. The normalized spacial score (nSPS) is 14.0. The monoisotopic (exact) mass is 1050 g/mol. The summed E-state index contributed by atoms with van der Waals surface area (Å²) in [5, 5.41) is 57.9. The van der Waals surface area contributed by atoms with Gasteiger partial charge in [0, 0.05) is 31.7 Å². The van der Waals surface area contributed by atoms with Crippen LogP contribution in [0, 0.1) is 0 Å². The van der Waals surface area contributed by atoms with Crippen LogP contribution in [-0.2, 0) is 57.5 Å². The van der Waals surface area contributed by atoms with Gasteiger partial charge in [-0.2, -0.15) is 12.6 Å². The summed E-state index contributed by atoms with van der Waals surface area (Å²) in [6, 6.07) is -10.7. The van der Waals surface area contributed by atoms with Crippen LogP contribution >= 0.6 is 12.6 Å². The molecule has 0 radical (unpaired) electrons. The van der Waals surface area contributed by atoms with Crippen molar-refractivity contribution in [1.29, 1.82) is 0 Å². The number of hydrogen-bond donors (Lipinski definition) is 20. The topological polar surface area (TPSA) is 575 Å². The zero-order valence-corrected chi connectivity index (χ0v) is 40.1. The maximum atomic E-state index is 13.7. The van der Waals surface area contributed by atoms with Crippen molar-refractivity contribution in [3.8, 4) is 0 Å². The predicted octanol–water partition coefficient (Wildman–Crippen LogP) is -10.8. The third-order valence-corrected chi connectivity index (χ3v) is 9.84. The second kappa shape index (κ2) is 34.7. The van der Waals surface area contributed by atoms with E-state index in [4.69, 9.17) is 44.6 Å². The summed E-state index contributed by atoms with van der Waals surface area (Å²) in [5.41, 5.74) is 32.0. The minimum absolute atomic E-state index is 0.0139. The lowest BCUT2D eigenvalue weighted by molar-refractivity contribution is -0.142.